The smallest absolute Gasteiger partial charge is 0.142 e. The quantitative estimate of drug-likeness (QED) is 0.791. The average molecular weight is 242 g/mol. The van der Waals surface area contributed by atoms with Gasteiger partial charge in [-0.2, -0.15) is 0 Å². The highest BCUT2D eigenvalue weighted by Crippen LogP contribution is 2.26. The third kappa shape index (κ3) is 1.20. The van der Waals surface area contributed by atoms with E-state index in [1.54, 1.807) is 16.5 Å². The van der Waals surface area contributed by atoms with Crippen molar-refractivity contribution in [1.29, 1.82) is 0 Å². The highest BCUT2D eigenvalue weighted by molar-refractivity contribution is 9.10. The normalized spacial score (nSPS) is 10.9. The molecule has 0 amide bonds. The van der Waals surface area contributed by atoms with E-state index in [1.165, 1.54) is 0 Å². The molecule has 5 heteroatoms. The minimum atomic E-state index is 0.196. The molecule has 2 rings (SSSR count). The Morgan fingerprint density at radius 3 is 3.08 bits per heavy atom. The van der Waals surface area contributed by atoms with Crippen LogP contribution in [-0.2, 0) is 6.54 Å². The topological polar surface area (TPSA) is 63.5 Å². The second-order valence-electron chi connectivity index (χ2n) is 2.64. The number of nitrogens with two attached hydrogens (primary N) is 1. The number of hydrogen-bond acceptors (Lipinski definition) is 3. The molecule has 0 fully saturated rings. The Hall–Kier alpha value is -1.07. The van der Waals surface area contributed by atoms with Crippen molar-refractivity contribution in [1.82, 2.24) is 9.38 Å². The zero-order chi connectivity index (χ0) is 9.42. The van der Waals surface area contributed by atoms with E-state index in [0.29, 0.717) is 16.7 Å². The Labute approximate surface area is 83.1 Å². The molecule has 0 atom stereocenters. The summed E-state index contributed by atoms with van der Waals surface area (Å²) in [5.41, 5.74) is 6.15. The van der Waals surface area contributed by atoms with E-state index < -0.39 is 0 Å². The van der Waals surface area contributed by atoms with Gasteiger partial charge in [-0.3, -0.25) is 4.40 Å². The predicted molar refractivity (Wildman–Crippen MR) is 52.4 cm³/mol. The van der Waals surface area contributed by atoms with E-state index >= 15 is 0 Å². The lowest BCUT2D eigenvalue weighted by molar-refractivity contribution is 0.478. The highest BCUT2D eigenvalue weighted by Gasteiger charge is 2.10. The molecule has 2 aromatic heterocycles. The van der Waals surface area contributed by atoms with Crippen molar-refractivity contribution in [3.8, 4) is 5.75 Å². The number of aromatic hydroxyl groups is 1. The van der Waals surface area contributed by atoms with E-state index in [-0.39, 0.29) is 5.75 Å². The summed E-state index contributed by atoms with van der Waals surface area (Å²) in [6.07, 6.45) is 1.81. The summed E-state index contributed by atoms with van der Waals surface area (Å²) in [6, 6.07) is 3.36. The van der Waals surface area contributed by atoms with Crippen LogP contribution in [0.3, 0.4) is 0 Å². The first kappa shape index (κ1) is 8.52. The number of imidazole rings is 1. The SMILES string of the molecule is NCc1nc(Br)c2c(O)cccn12. The molecule has 3 N–H and O–H groups in total. The first-order valence-electron chi connectivity index (χ1n) is 3.78. The van der Waals surface area contributed by atoms with E-state index in [2.05, 4.69) is 20.9 Å². The molecule has 0 saturated carbocycles. The van der Waals surface area contributed by atoms with Crippen LogP contribution in [-0.4, -0.2) is 14.5 Å². The van der Waals surface area contributed by atoms with Crippen molar-refractivity contribution in [2.75, 3.05) is 0 Å². The monoisotopic (exact) mass is 241 g/mol. The van der Waals surface area contributed by atoms with Crippen molar-refractivity contribution in [2.45, 2.75) is 6.54 Å². The molecule has 2 aromatic rings. The fraction of sp³-hybridized carbons (Fsp3) is 0.125. The van der Waals surface area contributed by atoms with Gasteiger partial charge in [-0.05, 0) is 28.1 Å². The maximum absolute atomic E-state index is 9.53. The van der Waals surface area contributed by atoms with Crippen molar-refractivity contribution < 1.29 is 5.11 Å². The van der Waals surface area contributed by atoms with Crippen LogP contribution >= 0.6 is 15.9 Å². The summed E-state index contributed by atoms with van der Waals surface area (Å²) in [5, 5.41) is 9.53. The lowest BCUT2D eigenvalue weighted by atomic mass is 10.4. The van der Waals surface area contributed by atoms with Gasteiger partial charge in [0.25, 0.3) is 0 Å². The average Bonchev–Trinajstić information content (AvgIpc) is 2.44. The van der Waals surface area contributed by atoms with Crippen molar-refractivity contribution in [2.24, 2.45) is 5.73 Å². The fourth-order valence-electron chi connectivity index (χ4n) is 1.28. The zero-order valence-electron chi connectivity index (χ0n) is 6.74. The molecule has 0 radical (unpaired) electrons. The molecular formula is C8H8BrN3O. The second-order valence-corrected chi connectivity index (χ2v) is 3.39. The summed E-state index contributed by atoms with van der Waals surface area (Å²) in [6.45, 7) is 0.343. The Morgan fingerprint density at radius 2 is 2.38 bits per heavy atom. The Balaban J connectivity index is 2.87. The standard InChI is InChI=1S/C8H8BrN3O/c9-8-7-5(13)2-1-3-12(7)6(4-10)11-8/h1-3,13H,4,10H2. The van der Waals surface area contributed by atoms with Crippen LogP contribution in [0.1, 0.15) is 5.82 Å². The van der Waals surface area contributed by atoms with Gasteiger partial charge in [0.2, 0.25) is 0 Å². The van der Waals surface area contributed by atoms with Crippen LogP contribution in [0.2, 0.25) is 0 Å². The van der Waals surface area contributed by atoms with Gasteiger partial charge in [0.05, 0.1) is 6.54 Å². The Morgan fingerprint density at radius 1 is 1.62 bits per heavy atom. The highest BCUT2D eigenvalue weighted by atomic mass is 79.9. The molecule has 13 heavy (non-hydrogen) atoms. The third-order valence-electron chi connectivity index (χ3n) is 1.86. The molecule has 4 nitrogen and oxygen atoms in total. The van der Waals surface area contributed by atoms with Crippen LogP contribution in [0.15, 0.2) is 22.9 Å². The molecule has 0 aliphatic rings. The Bertz CT molecular complexity index is 452. The van der Waals surface area contributed by atoms with E-state index in [1.807, 2.05) is 6.20 Å². The first-order chi connectivity index (χ1) is 6.24. The maximum Gasteiger partial charge on any atom is 0.142 e. The van der Waals surface area contributed by atoms with E-state index in [4.69, 9.17) is 5.73 Å². The molecule has 0 bridgehead atoms. The van der Waals surface area contributed by atoms with Crippen LogP contribution < -0.4 is 5.73 Å². The molecule has 0 saturated heterocycles. The molecular weight excluding hydrogens is 234 g/mol. The zero-order valence-corrected chi connectivity index (χ0v) is 8.32. The van der Waals surface area contributed by atoms with Crippen molar-refractivity contribution in [3.05, 3.63) is 28.8 Å². The van der Waals surface area contributed by atoms with Crippen LogP contribution in [0, 0.1) is 0 Å². The molecule has 0 unspecified atom stereocenters. The number of hydrogen-bond donors (Lipinski definition) is 2. The van der Waals surface area contributed by atoms with Crippen LogP contribution in [0.4, 0.5) is 0 Å². The summed E-state index contributed by atoms with van der Waals surface area (Å²) < 4.78 is 2.38. The molecule has 2 heterocycles. The van der Waals surface area contributed by atoms with E-state index in [9.17, 15) is 5.11 Å². The van der Waals surface area contributed by atoms with Gasteiger partial charge in [0.15, 0.2) is 0 Å². The van der Waals surface area contributed by atoms with Gasteiger partial charge in [-0.25, -0.2) is 4.98 Å². The number of rotatable bonds is 1. The number of aromatic nitrogens is 2. The van der Waals surface area contributed by atoms with Crippen molar-refractivity contribution >= 4 is 21.4 Å². The number of nitrogens with zero attached hydrogens (tertiary/aromatic N) is 2. The maximum atomic E-state index is 9.53. The van der Waals surface area contributed by atoms with Crippen molar-refractivity contribution in [3.63, 3.8) is 0 Å². The lowest BCUT2D eigenvalue weighted by Crippen LogP contribution is -2.01. The minimum absolute atomic E-state index is 0.196. The number of fused-ring (bicyclic) bond motifs is 1. The summed E-state index contributed by atoms with van der Waals surface area (Å²) in [7, 11) is 0. The Kier molecular flexibility index (Phi) is 1.97. The molecule has 0 aliphatic heterocycles. The minimum Gasteiger partial charge on any atom is -0.506 e. The third-order valence-corrected chi connectivity index (χ3v) is 2.41. The fourth-order valence-corrected chi connectivity index (χ4v) is 1.88. The van der Waals surface area contributed by atoms with Gasteiger partial charge >= 0.3 is 0 Å². The van der Waals surface area contributed by atoms with Crippen LogP contribution in [0.5, 0.6) is 5.75 Å². The number of pyridine rings is 1. The molecule has 0 aliphatic carbocycles. The van der Waals surface area contributed by atoms with Gasteiger partial charge in [-0.15, -0.1) is 0 Å². The molecule has 68 valence electrons. The summed E-state index contributed by atoms with van der Waals surface area (Å²) >= 11 is 3.26. The lowest BCUT2D eigenvalue weighted by Gasteiger charge is -1.98. The second kappa shape index (κ2) is 3.01. The predicted octanol–water partition coefficient (Wildman–Crippen LogP) is 1.26. The summed E-state index contributed by atoms with van der Waals surface area (Å²) in [4.78, 5) is 4.16. The van der Waals surface area contributed by atoms with Gasteiger partial charge in [-0.1, -0.05) is 0 Å². The van der Waals surface area contributed by atoms with Gasteiger partial charge in [0, 0.05) is 6.20 Å². The molecule has 0 aromatic carbocycles. The molecule has 0 spiro atoms. The van der Waals surface area contributed by atoms with Gasteiger partial charge < -0.3 is 10.8 Å². The first-order valence-corrected chi connectivity index (χ1v) is 4.58. The van der Waals surface area contributed by atoms with E-state index in [0.717, 1.165) is 5.82 Å². The number of halogens is 1. The van der Waals surface area contributed by atoms with Crippen LogP contribution in [0.25, 0.3) is 5.52 Å². The largest absolute Gasteiger partial charge is 0.506 e. The van der Waals surface area contributed by atoms with Gasteiger partial charge in [0.1, 0.15) is 21.7 Å². The summed E-state index contributed by atoms with van der Waals surface area (Å²) in [5.74, 6) is 0.916.